The van der Waals surface area contributed by atoms with Crippen molar-refractivity contribution in [1.82, 2.24) is 5.32 Å². The SMILES string of the molecule is CCC(CC1CCCC1)C(=O)NCC(N)(CC)CC.Cl. The quantitative estimate of drug-likeness (QED) is 0.719. The first-order chi connectivity index (χ1) is 9.04. The van der Waals surface area contributed by atoms with Crippen molar-refractivity contribution in [3.8, 4) is 0 Å². The zero-order valence-corrected chi connectivity index (χ0v) is 14.2. The first-order valence-electron chi connectivity index (χ1n) is 8.11. The highest BCUT2D eigenvalue weighted by Crippen LogP contribution is 2.31. The van der Waals surface area contributed by atoms with Gasteiger partial charge in [-0.1, -0.05) is 46.5 Å². The van der Waals surface area contributed by atoms with Crippen LogP contribution in [0.25, 0.3) is 0 Å². The van der Waals surface area contributed by atoms with Gasteiger partial charge in [-0.15, -0.1) is 12.4 Å². The number of halogens is 1. The monoisotopic (exact) mass is 304 g/mol. The van der Waals surface area contributed by atoms with Gasteiger partial charge >= 0.3 is 0 Å². The molecule has 1 atom stereocenters. The van der Waals surface area contributed by atoms with E-state index in [4.69, 9.17) is 5.73 Å². The molecule has 1 aliphatic carbocycles. The summed E-state index contributed by atoms with van der Waals surface area (Å²) >= 11 is 0. The lowest BCUT2D eigenvalue weighted by molar-refractivity contribution is -0.126. The minimum atomic E-state index is -0.235. The van der Waals surface area contributed by atoms with Crippen LogP contribution < -0.4 is 11.1 Å². The van der Waals surface area contributed by atoms with Crippen LogP contribution in [0.15, 0.2) is 0 Å². The molecule has 1 rings (SSSR count). The Labute approximate surface area is 130 Å². The van der Waals surface area contributed by atoms with Crippen molar-refractivity contribution in [2.75, 3.05) is 6.54 Å². The summed E-state index contributed by atoms with van der Waals surface area (Å²) in [5.74, 6) is 1.17. The van der Waals surface area contributed by atoms with Gasteiger partial charge in [0.2, 0.25) is 5.91 Å². The first-order valence-corrected chi connectivity index (χ1v) is 8.11. The smallest absolute Gasteiger partial charge is 0.223 e. The molecule has 0 heterocycles. The zero-order chi connectivity index (χ0) is 14.3. The number of nitrogens with two attached hydrogens (primary N) is 1. The molecule has 0 saturated heterocycles. The summed E-state index contributed by atoms with van der Waals surface area (Å²) in [4.78, 5) is 12.3. The zero-order valence-electron chi connectivity index (χ0n) is 13.4. The fourth-order valence-electron chi connectivity index (χ4n) is 3.02. The lowest BCUT2D eigenvalue weighted by Gasteiger charge is -2.28. The van der Waals surface area contributed by atoms with Crippen LogP contribution in [0.5, 0.6) is 0 Å². The molecule has 1 fully saturated rings. The van der Waals surface area contributed by atoms with E-state index in [9.17, 15) is 4.79 Å². The average Bonchev–Trinajstić information content (AvgIpc) is 2.94. The summed E-state index contributed by atoms with van der Waals surface area (Å²) in [5.41, 5.74) is 6.00. The number of carbonyl (C=O) groups is 1. The Balaban J connectivity index is 0.00000361. The largest absolute Gasteiger partial charge is 0.354 e. The predicted octanol–water partition coefficient (Wildman–Crippen LogP) is 3.65. The Morgan fingerprint density at radius 3 is 2.25 bits per heavy atom. The summed E-state index contributed by atoms with van der Waals surface area (Å²) < 4.78 is 0. The number of carbonyl (C=O) groups excluding carboxylic acids is 1. The fraction of sp³-hybridized carbons (Fsp3) is 0.938. The van der Waals surface area contributed by atoms with Crippen molar-refractivity contribution < 1.29 is 4.79 Å². The molecule has 1 unspecified atom stereocenters. The second-order valence-corrected chi connectivity index (χ2v) is 6.28. The van der Waals surface area contributed by atoms with Crippen molar-refractivity contribution in [1.29, 1.82) is 0 Å². The molecule has 0 spiro atoms. The van der Waals surface area contributed by atoms with Crippen molar-refractivity contribution in [3.63, 3.8) is 0 Å². The number of nitrogens with one attached hydrogen (secondary N) is 1. The summed E-state index contributed by atoms with van der Waals surface area (Å²) in [6.45, 7) is 6.91. The maximum atomic E-state index is 12.3. The second-order valence-electron chi connectivity index (χ2n) is 6.28. The van der Waals surface area contributed by atoms with Gasteiger partial charge in [0.15, 0.2) is 0 Å². The molecule has 1 amide bonds. The van der Waals surface area contributed by atoms with Gasteiger partial charge in [-0.3, -0.25) is 4.79 Å². The van der Waals surface area contributed by atoms with Crippen LogP contribution in [0.4, 0.5) is 0 Å². The van der Waals surface area contributed by atoms with E-state index >= 15 is 0 Å². The lowest BCUT2D eigenvalue weighted by atomic mass is 9.90. The highest BCUT2D eigenvalue weighted by Gasteiger charge is 2.26. The number of hydrogen-bond donors (Lipinski definition) is 2. The number of rotatable bonds is 8. The minimum Gasteiger partial charge on any atom is -0.354 e. The Bertz CT molecular complexity index is 274. The average molecular weight is 305 g/mol. The van der Waals surface area contributed by atoms with Gasteiger partial charge in [-0.05, 0) is 31.6 Å². The third-order valence-corrected chi connectivity index (χ3v) is 4.98. The molecular weight excluding hydrogens is 272 g/mol. The molecule has 0 aromatic heterocycles. The van der Waals surface area contributed by atoms with E-state index < -0.39 is 0 Å². The summed E-state index contributed by atoms with van der Waals surface area (Å²) in [5, 5.41) is 3.09. The molecule has 3 nitrogen and oxygen atoms in total. The molecule has 0 aliphatic heterocycles. The van der Waals surface area contributed by atoms with Gasteiger partial charge < -0.3 is 11.1 Å². The van der Waals surface area contributed by atoms with Crippen molar-refractivity contribution >= 4 is 18.3 Å². The van der Waals surface area contributed by atoms with Crippen LogP contribution in [-0.4, -0.2) is 18.0 Å². The van der Waals surface area contributed by atoms with Crippen molar-refractivity contribution in [3.05, 3.63) is 0 Å². The molecule has 0 bridgehead atoms. The maximum Gasteiger partial charge on any atom is 0.223 e. The Morgan fingerprint density at radius 2 is 1.80 bits per heavy atom. The lowest BCUT2D eigenvalue weighted by Crippen LogP contribution is -2.50. The van der Waals surface area contributed by atoms with Gasteiger partial charge in [0.05, 0.1) is 0 Å². The molecule has 20 heavy (non-hydrogen) atoms. The Morgan fingerprint density at radius 1 is 1.25 bits per heavy atom. The number of hydrogen-bond acceptors (Lipinski definition) is 2. The second kappa shape index (κ2) is 9.62. The molecule has 0 aromatic rings. The van der Waals surface area contributed by atoms with E-state index in [1.165, 1.54) is 25.7 Å². The molecule has 1 aliphatic rings. The Hall–Kier alpha value is -0.280. The van der Waals surface area contributed by atoms with Gasteiger partial charge in [-0.2, -0.15) is 0 Å². The topological polar surface area (TPSA) is 55.1 Å². The first kappa shape index (κ1) is 19.7. The summed E-state index contributed by atoms with van der Waals surface area (Å²) in [7, 11) is 0. The Kier molecular flexibility index (Phi) is 9.48. The van der Waals surface area contributed by atoms with Gasteiger partial charge in [0.1, 0.15) is 0 Å². The standard InChI is InChI=1S/C16H32N2O.ClH/c1-4-14(11-13-9-7-8-10-13)15(19)18-12-16(17,5-2)6-3;/h13-14H,4-12,17H2,1-3H3,(H,18,19);1H. The van der Waals surface area contributed by atoms with E-state index in [2.05, 4.69) is 26.1 Å². The fourth-order valence-corrected chi connectivity index (χ4v) is 3.02. The minimum absolute atomic E-state index is 0. The summed E-state index contributed by atoms with van der Waals surface area (Å²) in [6.07, 6.45) is 9.15. The van der Waals surface area contributed by atoms with E-state index in [1.807, 2.05) is 0 Å². The van der Waals surface area contributed by atoms with E-state index in [1.54, 1.807) is 0 Å². The number of amides is 1. The van der Waals surface area contributed by atoms with E-state index in [-0.39, 0.29) is 29.8 Å². The van der Waals surface area contributed by atoms with Crippen LogP contribution >= 0.6 is 12.4 Å². The third kappa shape index (κ3) is 6.01. The van der Waals surface area contributed by atoms with Crippen molar-refractivity contribution in [2.24, 2.45) is 17.6 Å². The van der Waals surface area contributed by atoms with Crippen LogP contribution in [0, 0.1) is 11.8 Å². The van der Waals surface area contributed by atoms with Crippen LogP contribution in [0.1, 0.15) is 72.1 Å². The third-order valence-electron chi connectivity index (χ3n) is 4.98. The van der Waals surface area contributed by atoms with Gasteiger partial charge in [0.25, 0.3) is 0 Å². The maximum absolute atomic E-state index is 12.3. The van der Waals surface area contributed by atoms with Crippen LogP contribution in [0.3, 0.4) is 0 Å². The van der Waals surface area contributed by atoms with Crippen LogP contribution in [-0.2, 0) is 4.79 Å². The molecular formula is C16H33ClN2O. The molecule has 0 radical (unpaired) electrons. The van der Waals surface area contributed by atoms with Gasteiger partial charge in [0, 0.05) is 18.0 Å². The summed E-state index contributed by atoms with van der Waals surface area (Å²) in [6, 6.07) is 0. The normalized spacial score (nSPS) is 17.6. The molecule has 4 heteroatoms. The molecule has 120 valence electrons. The van der Waals surface area contributed by atoms with Crippen molar-refractivity contribution in [2.45, 2.75) is 77.7 Å². The van der Waals surface area contributed by atoms with E-state index in [0.29, 0.717) is 6.54 Å². The van der Waals surface area contributed by atoms with Crippen LogP contribution in [0.2, 0.25) is 0 Å². The highest BCUT2D eigenvalue weighted by atomic mass is 35.5. The van der Waals surface area contributed by atoms with Gasteiger partial charge in [-0.25, -0.2) is 0 Å². The molecule has 3 N–H and O–H groups in total. The molecule has 1 saturated carbocycles. The highest BCUT2D eigenvalue weighted by molar-refractivity contribution is 5.85. The molecule has 0 aromatic carbocycles. The predicted molar refractivity (Wildman–Crippen MR) is 88.1 cm³/mol. The van der Waals surface area contributed by atoms with E-state index in [0.717, 1.165) is 31.6 Å².